The van der Waals surface area contributed by atoms with Crippen molar-refractivity contribution in [1.29, 1.82) is 0 Å². The second kappa shape index (κ2) is 6.92. The van der Waals surface area contributed by atoms with Crippen LogP contribution in [0.3, 0.4) is 0 Å². The van der Waals surface area contributed by atoms with E-state index in [1.807, 2.05) is 0 Å². The molecular weight excluding hydrogens is 271 g/mol. The molecule has 0 spiro atoms. The first-order chi connectivity index (χ1) is 10.4. The maximum atomic E-state index is 2.33. The van der Waals surface area contributed by atoms with Crippen LogP contribution in [-0.4, -0.2) is 0 Å². The van der Waals surface area contributed by atoms with Gasteiger partial charge in [-0.3, -0.25) is 0 Å². The molecule has 0 radical (unpaired) electrons. The number of hydrogen-bond acceptors (Lipinski definition) is 0. The van der Waals surface area contributed by atoms with Gasteiger partial charge >= 0.3 is 0 Å². The second-order valence-electron chi connectivity index (χ2n) is 4.78. The standard InChI is InChI=1S/C20H17P/c1-4-10-17(11-5-1)19-14-8-3-9-15-21-16-20(19)18-12-6-2-7-13-18/h1-16,21H. The van der Waals surface area contributed by atoms with Crippen molar-refractivity contribution >= 4 is 8.19 Å². The van der Waals surface area contributed by atoms with Crippen LogP contribution in [0.2, 0.25) is 0 Å². The van der Waals surface area contributed by atoms with Gasteiger partial charge in [0.1, 0.15) is 0 Å². The minimum atomic E-state index is 0.688. The van der Waals surface area contributed by atoms with Gasteiger partial charge in [0.2, 0.25) is 0 Å². The van der Waals surface area contributed by atoms with Gasteiger partial charge in [0.25, 0.3) is 0 Å². The Bertz CT molecular complexity index is 676. The first-order valence-corrected chi connectivity index (χ1v) is 8.21. The molecule has 102 valence electrons. The Balaban J connectivity index is 2.30. The Labute approximate surface area is 127 Å². The summed E-state index contributed by atoms with van der Waals surface area (Å²) in [5.41, 5.74) is 5.10. The third-order valence-electron chi connectivity index (χ3n) is 3.36. The summed E-state index contributed by atoms with van der Waals surface area (Å²) in [7, 11) is 0.688. The lowest BCUT2D eigenvalue weighted by atomic mass is 9.98. The average Bonchev–Trinajstić information content (AvgIpc) is 2.68. The van der Waals surface area contributed by atoms with Gasteiger partial charge in [-0.2, -0.15) is 0 Å². The van der Waals surface area contributed by atoms with Gasteiger partial charge in [0, 0.05) is 0 Å². The normalized spacial score (nSPS) is 10.3. The number of benzene rings is 2. The Morgan fingerprint density at radius 1 is 0.476 bits per heavy atom. The summed E-state index contributed by atoms with van der Waals surface area (Å²) in [6.45, 7) is 0. The zero-order valence-corrected chi connectivity index (χ0v) is 12.7. The predicted octanol–water partition coefficient (Wildman–Crippen LogP) is 6.18. The smallest absolute Gasteiger partial charge is 0.00684 e. The molecule has 0 aliphatic heterocycles. The van der Waals surface area contributed by atoms with Gasteiger partial charge in [-0.05, 0) is 33.9 Å². The molecule has 0 saturated heterocycles. The first kappa shape index (κ1) is 13.7. The van der Waals surface area contributed by atoms with Gasteiger partial charge < -0.3 is 0 Å². The topological polar surface area (TPSA) is 0 Å². The molecule has 3 aromatic rings. The molecule has 2 aromatic carbocycles. The Morgan fingerprint density at radius 3 is 1.67 bits per heavy atom. The van der Waals surface area contributed by atoms with Crippen molar-refractivity contribution in [3.63, 3.8) is 0 Å². The van der Waals surface area contributed by atoms with E-state index in [1.165, 1.54) is 22.3 Å². The van der Waals surface area contributed by atoms with E-state index in [0.717, 1.165) is 0 Å². The summed E-state index contributed by atoms with van der Waals surface area (Å²) >= 11 is 0. The van der Waals surface area contributed by atoms with E-state index in [2.05, 4.69) is 96.5 Å². The highest BCUT2D eigenvalue weighted by molar-refractivity contribution is 7.28. The molecule has 1 heterocycles. The molecule has 0 aliphatic carbocycles. The van der Waals surface area contributed by atoms with Gasteiger partial charge in [-0.15, -0.1) is 8.19 Å². The lowest BCUT2D eigenvalue weighted by Gasteiger charge is -2.08. The average molecular weight is 288 g/mol. The van der Waals surface area contributed by atoms with Crippen molar-refractivity contribution in [1.82, 2.24) is 0 Å². The van der Waals surface area contributed by atoms with Crippen LogP contribution in [0.1, 0.15) is 0 Å². The van der Waals surface area contributed by atoms with Crippen molar-refractivity contribution in [2.45, 2.75) is 0 Å². The van der Waals surface area contributed by atoms with Crippen LogP contribution in [0, 0.1) is 0 Å². The largest absolute Gasteiger partial charge is 0.139 e. The molecule has 1 atom stereocenters. The van der Waals surface area contributed by atoms with Crippen molar-refractivity contribution in [3.05, 3.63) is 96.5 Å². The molecule has 21 heavy (non-hydrogen) atoms. The fourth-order valence-electron chi connectivity index (χ4n) is 2.35. The van der Waals surface area contributed by atoms with Crippen LogP contribution in [-0.2, 0) is 0 Å². The molecule has 0 nitrogen and oxygen atoms in total. The Morgan fingerprint density at radius 2 is 1.00 bits per heavy atom. The molecule has 3 rings (SSSR count). The van der Waals surface area contributed by atoms with E-state index < -0.39 is 0 Å². The molecular formula is C20H17P. The van der Waals surface area contributed by atoms with Crippen molar-refractivity contribution in [3.8, 4) is 22.3 Å². The fraction of sp³-hybridized carbons (Fsp3) is 0. The fourth-order valence-corrected chi connectivity index (χ4v) is 3.16. The van der Waals surface area contributed by atoms with Crippen LogP contribution in [0.4, 0.5) is 0 Å². The number of rotatable bonds is 2. The monoisotopic (exact) mass is 288 g/mol. The molecule has 0 saturated carbocycles. The quantitative estimate of drug-likeness (QED) is 0.528. The maximum Gasteiger partial charge on any atom is -0.00684 e. The molecule has 1 unspecified atom stereocenters. The van der Waals surface area contributed by atoms with Gasteiger partial charge in [0.05, 0.1) is 0 Å². The van der Waals surface area contributed by atoms with Crippen molar-refractivity contribution in [2.24, 2.45) is 0 Å². The molecule has 1 aromatic heterocycles. The van der Waals surface area contributed by atoms with Gasteiger partial charge in [-0.25, -0.2) is 0 Å². The highest BCUT2D eigenvalue weighted by atomic mass is 31.0. The van der Waals surface area contributed by atoms with Gasteiger partial charge in [0.15, 0.2) is 0 Å². The van der Waals surface area contributed by atoms with Crippen LogP contribution in [0.25, 0.3) is 22.3 Å². The van der Waals surface area contributed by atoms with E-state index in [9.17, 15) is 0 Å². The van der Waals surface area contributed by atoms with E-state index in [-0.39, 0.29) is 0 Å². The van der Waals surface area contributed by atoms with Crippen LogP contribution >= 0.6 is 8.19 Å². The van der Waals surface area contributed by atoms with E-state index in [1.54, 1.807) is 0 Å². The summed E-state index contributed by atoms with van der Waals surface area (Å²) in [6.07, 6.45) is 0. The lowest BCUT2D eigenvalue weighted by molar-refractivity contribution is 1.62. The Kier molecular flexibility index (Phi) is 4.51. The summed E-state index contributed by atoms with van der Waals surface area (Å²) < 4.78 is 0. The van der Waals surface area contributed by atoms with Crippen LogP contribution in [0.5, 0.6) is 0 Å². The zero-order valence-electron chi connectivity index (χ0n) is 11.7. The van der Waals surface area contributed by atoms with E-state index in [4.69, 9.17) is 0 Å². The van der Waals surface area contributed by atoms with Crippen LogP contribution < -0.4 is 0 Å². The maximum absolute atomic E-state index is 2.33. The SMILES string of the molecule is c1ccc(-c2ccccc[pH]cc2-c2ccccc2)cc1. The van der Waals surface area contributed by atoms with E-state index >= 15 is 0 Å². The summed E-state index contributed by atoms with van der Waals surface area (Å²) in [5.74, 6) is 4.54. The highest BCUT2D eigenvalue weighted by Gasteiger charge is 2.04. The third kappa shape index (κ3) is 3.42. The highest BCUT2D eigenvalue weighted by Crippen LogP contribution is 2.31. The summed E-state index contributed by atoms with van der Waals surface area (Å²) in [4.78, 5) is 0. The van der Waals surface area contributed by atoms with E-state index in [0.29, 0.717) is 8.19 Å². The van der Waals surface area contributed by atoms with Crippen molar-refractivity contribution in [2.75, 3.05) is 0 Å². The summed E-state index contributed by atoms with van der Waals surface area (Å²) in [6, 6.07) is 29.7. The molecule has 0 N–H and O–H groups in total. The minimum absolute atomic E-state index is 0.688. The lowest BCUT2D eigenvalue weighted by Crippen LogP contribution is -1.81. The number of hydrogen-bond donors (Lipinski definition) is 0. The molecule has 1 heteroatoms. The Hall–Kier alpha value is -2.30. The predicted molar refractivity (Wildman–Crippen MR) is 94.4 cm³/mol. The molecule has 0 amide bonds. The van der Waals surface area contributed by atoms with Crippen LogP contribution in [0.15, 0.2) is 96.5 Å². The molecule has 0 fully saturated rings. The second-order valence-corrected chi connectivity index (χ2v) is 5.74. The minimum Gasteiger partial charge on any atom is -0.139 e. The van der Waals surface area contributed by atoms with Gasteiger partial charge in [-0.1, -0.05) is 84.9 Å². The van der Waals surface area contributed by atoms with Crippen molar-refractivity contribution < 1.29 is 0 Å². The molecule has 0 bridgehead atoms. The first-order valence-electron chi connectivity index (χ1n) is 7.06. The third-order valence-corrected chi connectivity index (χ3v) is 4.21. The molecule has 0 aliphatic rings. The zero-order chi connectivity index (χ0) is 14.3. The summed E-state index contributed by atoms with van der Waals surface area (Å²) in [5, 5.41) is 0.